The smallest absolute Gasteiger partial charge is 0.286 e. The molecule has 2 aromatic heterocycles. The second kappa shape index (κ2) is 8.65. The van der Waals surface area contributed by atoms with E-state index >= 15 is 0 Å². The highest BCUT2D eigenvalue weighted by Crippen LogP contribution is 2.26. The zero-order valence-corrected chi connectivity index (χ0v) is 16.3. The van der Waals surface area contributed by atoms with Crippen LogP contribution in [0.3, 0.4) is 0 Å². The van der Waals surface area contributed by atoms with Crippen LogP contribution in [0.15, 0.2) is 71.3 Å². The number of hydrogen-bond acceptors (Lipinski definition) is 4. The van der Waals surface area contributed by atoms with Gasteiger partial charge in [0.2, 0.25) is 0 Å². The Hall–Kier alpha value is -3.54. The lowest BCUT2D eigenvalue weighted by molar-refractivity contribution is 0.0921. The van der Waals surface area contributed by atoms with Crippen molar-refractivity contribution in [2.24, 2.45) is 0 Å². The van der Waals surface area contributed by atoms with Gasteiger partial charge >= 0.3 is 0 Å². The van der Waals surface area contributed by atoms with Crippen molar-refractivity contribution in [2.75, 3.05) is 6.54 Å². The Morgan fingerprint density at radius 3 is 2.83 bits per heavy atom. The molecule has 6 nitrogen and oxygen atoms in total. The number of nitrogens with zero attached hydrogens (tertiary/aromatic N) is 2. The first-order valence-electron chi connectivity index (χ1n) is 9.66. The summed E-state index contributed by atoms with van der Waals surface area (Å²) in [5.74, 6) is 1.46. The van der Waals surface area contributed by atoms with Crippen molar-refractivity contribution < 1.29 is 13.9 Å². The van der Waals surface area contributed by atoms with Gasteiger partial charge in [-0.3, -0.25) is 9.48 Å². The van der Waals surface area contributed by atoms with Gasteiger partial charge in [0.05, 0.1) is 0 Å². The number of hydrogen-bond donors (Lipinski definition) is 1. The van der Waals surface area contributed by atoms with E-state index in [1.807, 2.05) is 60.1 Å². The Bertz CT molecular complexity index is 1110. The molecular weight excluding hydrogens is 366 g/mol. The normalized spacial score (nSPS) is 10.9. The molecule has 0 radical (unpaired) electrons. The summed E-state index contributed by atoms with van der Waals surface area (Å²) >= 11 is 0. The summed E-state index contributed by atoms with van der Waals surface area (Å²) in [6.45, 7) is 3.60. The average molecular weight is 389 g/mol. The molecule has 148 valence electrons. The van der Waals surface area contributed by atoms with Gasteiger partial charge in [-0.15, -0.1) is 0 Å². The van der Waals surface area contributed by atoms with Crippen LogP contribution in [0.1, 0.15) is 28.4 Å². The molecule has 6 heteroatoms. The molecule has 1 N–H and O–H groups in total. The SMILES string of the molecule is Cc1ccnn1CCCNC(=O)c1ccc(COc2cccc3ccccc23)o1. The van der Waals surface area contributed by atoms with Crippen molar-refractivity contribution in [1.29, 1.82) is 0 Å². The highest BCUT2D eigenvalue weighted by Gasteiger charge is 2.11. The predicted octanol–water partition coefficient (Wildman–Crippen LogP) is 4.34. The first-order valence-corrected chi connectivity index (χ1v) is 9.66. The van der Waals surface area contributed by atoms with Crippen LogP contribution in [0.2, 0.25) is 0 Å². The molecule has 0 fully saturated rings. The van der Waals surface area contributed by atoms with Crippen LogP contribution in [0.4, 0.5) is 0 Å². The zero-order valence-electron chi connectivity index (χ0n) is 16.3. The van der Waals surface area contributed by atoms with Gasteiger partial charge in [-0.25, -0.2) is 0 Å². The van der Waals surface area contributed by atoms with Crippen LogP contribution < -0.4 is 10.1 Å². The van der Waals surface area contributed by atoms with Crippen LogP contribution >= 0.6 is 0 Å². The van der Waals surface area contributed by atoms with E-state index < -0.39 is 0 Å². The Morgan fingerprint density at radius 1 is 1.10 bits per heavy atom. The molecule has 2 aromatic carbocycles. The maximum absolute atomic E-state index is 12.3. The van der Waals surface area contributed by atoms with Gasteiger partial charge in [0.25, 0.3) is 5.91 Å². The highest BCUT2D eigenvalue weighted by molar-refractivity contribution is 5.91. The minimum absolute atomic E-state index is 0.224. The summed E-state index contributed by atoms with van der Waals surface area (Å²) < 4.78 is 13.5. The standard InChI is InChI=1S/C23H23N3O3/c1-17-12-14-25-26(17)15-5-13-24-23(27)22-11-10-19(29-22)16-28-21-9-4-7-18-6-2-3-8-20(18)21/h2-4,6-12,14H,5,13,15-16H2,1H3,(H,24,27). The minimum atomic E-state index is -0.224. The van der Waals surface area contributed by atoms with E-state index in [1.54, 1.807) is 18.3 Å². The fourth-order valence-electron chi connectivity index (χ4n) is 3.20. The van der Waals surface area contributed by atoms with Crippen molar-refractivity contribution in [3.63, 3.8) is 0 Å². The van der Waals surface area contributed by atoms with Crippen molar-refractivity contribution in [2.45, 2.75) is 26.5 Å². The van der Waals surface area contributed by atoms with E-state index in [1.165, 1.54) is 0 Å². The molecule has 0 unspecified atom stereocenters. The van der Waals surface area contributed by atoms with Gasteiger partial charge in [0.1, 0.15) is 18.1 Å². The van der Waals surface area contributed by atoms with Crippen molar-refractivity contribution in [3.8, 4) is 5.75 Å². The molecule has 0 aliphatic carbocycles. The Labute approximate surface area is 169 Å². The number of amides is 1. The number of benzene rings is 2. The van der Waals surface area contributed by atoms with Gasteiger partial charge in [-0.1, -0.05) is 36.4 Å². The van der Waals surface area contributed by atoms with E-state index in [-0.39, 0.29) is 18.3 Å². The monoisotopic (exact) mass is 389 g/mol. The van der Waals surface area contributed by atoms with E-state index in [4.69, 9.17) is 9.15 Å². The number of furan rings is 1. The van der Waals surface area contributed by atoms with E-state index in [0.29, 0.717) is 12.3 Å². The fourth-order valence-corrected chi connectivity index (χ4v) is 3.20. The molecule has 0 aliphatic heterocycles. The second-order valence-corrected chi connectivity index (χ2v) is 6.84. The molecule has 4 rings (SSSR count). The third-order valence-corrected chi connectivity index (χ3v) is 4.77. The number of carbonyl (C=O) groups excluding carboxylic acids is 1. The summed E-state index contributed by atoms with van der Waals surface area (Å²) in [6.07, 6.45) is 2.57. The number of aryl methyl sites for hydroxylation is 2. The van der Waals surface area contributed by atoms with E-state index in [0.717, 1.165) is 35.2 Å². The molecule has 0 aliphatic rings. The molecule has 0 atom stereocenters. The third kappa shape index (κ3) is 4.48. The molecular formula is C23H23N3O3. The topological polar surface area (TPSA) is 69.3 Å². The Kier molecular flexibility index (Phi) is 5.61. The van der Waals surface area contributed by atoms with Gasteiger partial charge in [-0.2, -0.15) is 5.10 Å². The van der Waals surface area contributed by atoms with E-state index in [9.17, 15) is 4.79 Å². The molecule has 0 saturated heterocycles. The van der Waals surface area contributed by atoms with Crippen molar-refractivity contribution in [3.05, 3.63) is 84.1 Å². The van der Waals surface area contributed by atoms with Crippen molar-refractivity contribution >= 4 is 16.7 Å². The quantitative estimate of drug-likeness (QED) is 0.455. The van der Waals surface area contributed by atoms with Crippen LogP contribution in [0.5, 0.6) is 5.75 Å². The fraction of sp³-hybridized carbons (Fsp3) is 0.217. The van der Waals surface area contributed by atoms with Crippen LogP contribution in [-0.2, 0) is 13.2 Å². The largest absolute Gasteiger partial charge is 0.485 e. The summed E-state index contributed by atoms with van der Waals surface area (Å²) in [4.78, 5) is 12.3. The van der Waals surface area contributed by atoms with Crippen LogP contribution in [-0.4, -0.2) is 22.2 Å². The lowest BCUT2D eigenvalue weighted by Gasteiger charge is -2.08. The summed E-state index contributed by atoms with van der Waals surface area (Å²) in [5.41, 5.74) is 1.11. The number of carbonyl (C=O) groups is 1. The molecule has 2 heterocycles. The highest BCUT2D eigenvalue weighted by atomic mass is 16.5. The predicted molar refractivity (Wildman–Crippen MR) is 111 cm³/mol. The van der Waals surface area contributed by atoms with Gasteiger partial charge < -0.3 is 14.5 Å². The zero-order chi connectivity index (χ0) is 20.1. The van der Waals surface area contributed by atoms with E-state index in [2.05, 4.69) is 10.4 Å². The first-order chi connectivity index (χ1) is 14.2. The van der Waals surface area contributed by atoms with Gasteiger partial charge in [-0.05, 0) is 43.0 Å². The first kappa shape index (κ1) is 18.8. The number of fused-ring (bicyclic) bond motifs is 1. The molecule has 0 bridgehead atoms. The number of aromatic nitrogens is 2. The minimum Gasteiger partial charge on any atom is -0.485 e. The second-order valence-electron chi connectivity index (χ2n) is 6.84. The maximum atomic E-state index is 12.3. The van der Waals surface area contributed by atoms with Crippen molar-refractivity contribution in [1.82, 2.24) is 15.1 Å². The number of rotatable bonds is 8. The summed E-state index contributed by atoms with van der Waals surface area (Å²) in [5, 5.41) is 9.28. The number of nitrogens with one attached hydrogen (secondary N) is 1. The molecule has 29 heavy (non-hydrogen) atoms. The third-order valence-electron chi connectivity index (χ3n) is 4.77. The summed E-state index contributed by atoms with van der Waals surface area (Å²) in [6, 6.07) is 19.4. The molecule has 0 spiro atoms. The maximum Gasteiger partial charge on any atom is 0.286 e. The Morgan fingerprint density at radius 2 is 1.97 bits per heavy atom. The van der Waals surface area contributed by atoms with Gasteiger partial charge in [0, 0.05) is 30.4 Å². The summed E-state index contributed by atoms with van der Waals surface area (Å²) in [7, 11) is 0. The number of ether oxygens (including phenoxy) is 1. The lowest BCUT2D eigenvalue weighted by atomic mass is 10.1. The van der Waals surface area contributed by atoms with Gasteiger partial charge in [0.15, 0.2) is 5.76 Å². The van der Waals surface area contributed by atoms with Crippen LogP contribution in [0, 0.1) is 6.92 Å². The molecule has 4 aromatic rings. The average Bonchev–Trinajstić information content (AvgIpc) is 3.38. The molecule has 0 saturated carbocycles. The molecule has 1 amide bonds. The Balaban J connectivity index is 1.28. The lowest BCUT2D eigenvalue weighted by Crippen LogP contribution is -2.25. The van der Waals surface area contributed by atoms with Crippen LogP contribution in [0.25, 0.3) is 10.8 Å².